The Labute approximate surface area is 241 Å². The summed E-state index contributed by atoms with van der Waals surface area (Å²) in [5.74, 6) is -3.57. The first-order valence-electron chi connectivity index (χ1n) is 13.2. The number of aliphatic carboxylic acids is 3. The van der Waals surface area contributed by atoms with Crippen molar-refractivity contribution in [3.8, 4) is 0 Å². The van der Waals surface area contributed by atoms with Gasteiger partial charge in [0.05, 0.1) is 24.6 Å². The smallest absolute Gasteiger partial charge is 0.321 e. The fourth-order valence-corrected chi connectivity index (χ4v) is 4.76. The predicted molar refractivity (Wildman–Crippen MR) is 141 cm³/mol. The van der Waals surface area contributed by atoms with Gasteiger partial charge in [-0.1, -0.05) is 6.07 Å². The van der Waals surface area contributed by atoms with Crippen LogP contribution in [-0.2, 0) is 56.1 Å². The number of rotatable bonds is 18. The first kappa shape index (κ1) is 34.1. The van der Waals surface area contributed by atoms with E-state index in [1.54, 1.807) is 32.9 Å². The third kappa shape index (κ3) is 11.4. The molecule has 3 N–H and O–H groups in total. The second-order valence-electron chi connectivity index (χ2n) is 9.44. The highest BCUT2D eigenvalue weighted by Gasteiger charge is 2.32. The van der Waals surface area contributed by atoms with Crippen LogP contribution >= 0.6 is 0 Å². The molecule has 3 unspecified atom stereocenters. The van der Waals surface area contributed by atoms with Gasteiger partial charge in [-0.05, 0) is 18.6 Å². The van der Waals surface area contributed by atoms with E-state index in [9.17, 15) is 39.0 Å². The summed E-state index contributed by atoms with van der Waals surface area (Å²) in [7, 11) is 0. The van der Waals surface area contributed by atoms with Crippen LogP contribution in [0.15, 0.2) is 18.2 Å². The minimum atomic E-state index is -1.22. The number of ether oxygens (including phenoxy) is 3. The Balaban J connectivity index is 2.50. The molecule has 16 heteroatoms. The summed E-state index contributed by atoms with van der Waals surface area (Å²) >= 11 is 0. The normalized spacial score (nSPS) is 17.3. The summed E-state index contributed by atoms with van der Waals surface area (Å²) in [6.07, 6.45) is -1.33. The third-order valence-corrected chi connectivity index (χ3v) is 6.77. The fourth-order valence-electron chi connectivity index (χ4n) is 4.76. The minimum Gasteiger partial charge on any atom is -0.481 e. The Morgan fingerprint density at radius 2 is 1.29 bits per heavy atom. The van der Waals surface area contributed by atoms with Crippen LogP contribution in [0.5, 0.6) is 0 Å². The monoisotopic (exact) mass is 596 g/mol. The summed E-state index contributed by atoms with van der Waals surface area (Å²) in [5, 5.41) is 29.1. The third-order valence-electron chi connectivity index (χ3n) is 6.77. The molecular formula is C26H36N4O12. The van der Waals surface area contributed by atoms with E-state index in [1.807, 2.05) is 0 Å². The highest BCUT2D eigenvalue weighted by molar-refractivity contribution is 5.75. The number of fused-ring (bicyclic) bond motifs is 2. The lowest BCUT2D eigenvalue weighted by Crippen LogP contribution is -2.52. The number of carbonyl (C=O) groups excluding carboxylic acids is 3. The zero-order chi connectivity index (χ0) is 30.9. The van der Waals surface area contributed by atoms with Crippen LogP contribution in [0.1, 0.15) is 37.1 Å². The number of aromatic nitrogens is 1. The first-order chi connectivity index (χ1) is 20.2. The Bertz CT molecular complexity index is 1060. The zero-order valence-corrected chi connectivity index (χ0v) is 23.0. The summed E-state index contributed by atoms with van der Waals surface area (Å²) in [5.41, 5.74) is 1.04. The Morgan fingerprint density at radius 3 is 1.83 bits per heavy atom. The Hall–Kier alpha value is -4.15. The van der Waals surface area contributed by atoms with Crippen LogP contribution in [-0.4, -0.2) is 130 Å². The van der Waals surface area contributed by atoms with Crippen molar-refractivity contribution in [2.24, 2.45) is 0 Å². The second kappa shape index (κ2) is 18.3. The lowest BCUT2D eigenvalue weighted by molar-refractivity contribution is -0.150. The quantitative estimate of drug-likeness (QED) is 0.110. The Kier molecular flexibility index (Phi) is 14.9. The second-order valence-corrected chi connectivity index (χ2v) is 9.44. The zero-order valence-electron chi connectivity index (χ0n) is 23.0. The molecule has 2 heterocycles. The largest absolute Gasteiger partial charge is 0.481 e. The SMILES string of the molecule is O=COCCC(OC=O)N1CCN(C(CCOC=O)C(=O)O)CCN(C(CCC(=O)O)C(=O)O)Cc2cccc(n2)C1. The van der Waals surface area contributed by atoms with Crippen molar-refractivity contribution >= 4 is 37.3 Å². The Morgan fingerprint density at radius 1 is 0.762 bits per heavy atom. The minimum absolute atomic E-state index is 0.0334. The van der Waals surface area contributed by atoms with Gasteiger partial charge in [0.15, 0.2) is 6.23 Å². The highest BCUT2D eigenvalue weighted by Crippen LogP contribution is 2.18. The molecule has 0 saturated carbocycles. The molecule has 1 aromatic rings. The van der Waals surface area contributed by atoms with Gasteiger partial charge < -0.3 is 29.5 Å². The molecule has 0 aromatic carbocycles. The number of pyridine rings is 1. The average molecular weight is 597 g/mol. The summed E-state index contributed by atoms with van der Waals surface area (Å²) in [6.45, 7) is 1.07. The van der Waals surface area contributed by atoms with Gasteiger partial charge in [-0.2, -0.15) is 0 Å². The molecule has 2 bridgehead atoms. The van der Waals surface area contributed by atoms with Crippen molar-refractivity contribution in [3.63, 3.8) is 0 Å². The maximum Gasteiger partial charge on any atom is 0.321 e. The number of hydrogen-bond acceptors (Lipinski definition) is 13. The molecule has 0 saturated heterocycles. The van der Waals surface area contributed by atoms with Crippen molar-refractivity contribution in [1.82, 2.24) is 19.7 Å². The molecule has 16 nitrogen and oxygen atoms in total. The molecule has 2 rings (SSSR count). The van der Waals surface area contributed by atoms with E-state index in [0.717, 1.165) is 0 Å². The molecule has 42 heavy (non-hydrogen) atoms. The first-order valence-corrected chi connectivity index (χ1v) is 13.2. The van der Waals surface area contributed by atoms with E-state index in [-0.39, 0.29) is 97.6 Å². The average Bonchev–Trinajstić information content (AvgIpc) is 2.94. The molecule has 0 fully saturated rings. The number of carboxylic acid groups (broad SMARTS) is 3. The summed E-state index contributed by atoms with van der Waals surface area (Å²) < 4.78 is 14.8. The van der Waals surface area contributed by atoms with Gasteiger partial charge in [0.2, 0.25) is 0 Å². The molecule has 1 aliphatic rings. The standard InChI is InChI=1S/C26H36N4O12/c31-16-40-12-6-22(26(38)39)28-8-10-29(21(25(36)37)4-5-24(34)35)14-19-2-1-3-20(27-19)15-30(11-9-28)23(42-18-33)7-13-41-17-32/h1-3,16-18,21-23H,4-15H2,(H,34,35)(H,36,37)(H,38,39). The van der Waals surface area contributed by atoms with Gasteiger partial charge in [-0.15, -0.1) is 0 Å². The molecule has 1 aliphatic heterocycles. The van der Waals surface area contributed by atoms with Gasteiger partial charge in [0.1, 0.15) is 12.1 Å². The highest BCUT2D eigenvalue weighted by atomic mass is 16.5. The van der Waals surface area contributed by atoms with Gasteiger partial charge in [-0.25, -0.2) is 0 Å². The van der Waals surface area contributed by atoms with Crippen LogP contribution in [0.4, 0.5) is 0 Å². The van der Waals surface area contributed by atoms with E-state index in [2.05, 4.69) is 4.98 Å². The van der Waals surface area contributed by atoms with Gasteiger partial charge in [0.25, 0.3) is 19.4 Å². The lowest BCUT2D eigenvalue weighted by Gasteiger charge is -2.37. The maximum atomic E-state index is 12.3. The molecule has 3 atom stereocenters. The van der Waals surface area contributed by atoms with Crippen LogP contribution in [0.3, 0.4) is 0 Å². The predicted octanol–water partition coefficient (Wildman–Crippen LogP) is -0.602. The van der Waals surface area contributed by atoms with Crippen molar-refractivity contribution in [3.05, 3.63) is 29.6 Å². The molecule has 232 valence electrons. The van der Waals surface area contributed by atoms with E-state index in [1.165, 1.54) is 0 Å². The topological polar surface area (TPSA) is 213 Å². The lowest BCUT2D eigenvalue weighted by atomic mass is 10.1. The molecule has 0 amide bonds. The van der Waals surface area contributed by atoms with Crippen molar-refractivity contribution in [2.75, 3.05) is 39.4 Å². The summed E-state index contributed by atoms with van der Waals surface area (Å²) in [4.78, 5) is 77.9. The van der Waals surface area contributed by atoms with Crippen molar-refractivity contribution in [2.45, 2.75) is 57.1 Å². The molecular weight excluding hydrogens is 560 g/mol. The van der Waals surface area contributed by atoms with Crippen LogP contribution < -0.4 is 0 Å². The van der Waals surface area contributed by atoms with Crippen molar-refractivity contribution < 1.29 is 58.3 Å². The molecule has 0 radical (unpaired) electrons. The summed E-state index contributed by atoms with van der Waals surface area (Å²) in [6, 6.07) is 2.84. The number of carbonyl (C=O) groups is 6. The molecule has 1 aromatic heterocycles. The molecule has 0 spiro atoms. The number of carboxylic acids is 3. The van der Waals surface area contributed by atoms with E-state index < -0.39 is 36.2 Å². The van der Waals surface area contributed by atoms with Crippen LogP contribution in [0.2, 0.25) is 0 Å². The van der Waals surface area contributed by atoms with Gasteiger partial charge >= 0.3 is 17.9 Å². The van der Waals surface area contributed by atoms with Crippen LogP contribution in [0, 0.1) is 0 Å². The van der Waals surface area contributed by atoms with Gasteiger partial charge in [-0.3, -0.25) is 48.5 Å². The maximum absolute atomic E-state index is 12.3. The fraction of sp³-hybridized carbons (Fsp3) is 0.577. The number of hydrogen-bond donors (Lipinski definition) is 3. The van der Waals surface area contributed by atoms with E-state index in [4.69, 9.17) is 19.3 Å². The molecule has 0 aliphatic carbocycles. The van der Waals surface area contributed by atoms with Gasteiger partial charge in [0, 0.05) is 58.5 Å². The van der Waals surface area contributed by atoms with E-state index >= 15 is 0 Å². The van der Waals surface area contributed by atoms with Crippen LogP contribution in [0.25, 0.3) is 0 Å². The number of nitrogens with zero attached hydrogens (tertiary/aromatic N) is 4. The van der Waals surface area contributed by atoms with Crippen molar-refractivity contribution in [1.29, 1.82) is 0 Å². The van der Waals surface area contributed by atoms with E-state index in [0.29, 0.717) is 11.4 Å².